The molecule has 0 fully saturated rings. The highest BCUT2D eigenvalue weighted by Gasteiger charge is 2.16. The molecule has 3 rings (SSSR count). The van der Waals surface area contributed by atoms with Crippen molar-refractivity contribution < 1.29 is 14.0 Å². The maximum atomic E-state index is 13.6. The molecule has 3 aromatic rings. The molecule has 0 atom stereocenters. The Morgan fingerprint density at radius 3 is 2.50 bits per heavy atom. The number of amides is 2. The van der Waals surface area contributed by atoms with Crippen molar-refractivity contribution in [1.82, 2.24) is 31.1 Å². The molecule has 0 saturated carbocycles. The number of rotatable bonds is 5. The maximum absolute atomic E-state index is 13.6. The van der Waals surface area contributed by atoms with Gasteiger partial charge in [-0.25, -0.2) is 4.39 Å². The van der Waals surface area contributed by atoms with E-state index in [0.29, 0.717) is 5.16 Å². The standard InChI is InChI=1S/C18H17FN6O2S/c1-11-6-5-7-12(2)16(11)25-18(22-23-24-25)28-10-15(26)20-21-17(27)13-8-3-4-9-14(13)19/h3-9H,10H2,1-2H3,(H,20,26)(H,21,27). The van der Waals surface area contributed by atoms with Gasteiger partial charge in [0.15, 0.2) is 0 Å². The molecule has 0 radical (unpaired) electrons. The quantitative estimate of drug-likeness (QED) is 0.502. The predicted molar refractivity (Wildman–Crippen MR) is 101 cm³/mol. The van der Waals surface area contributed by atoms with E-state index in [4.69, 9.17) is 0 Å². The Morgan fingerprint density at radius 1 is 1.07 bits per heavy atom. The van der Waals surface area contributed by atoms with Crippen molar-refractivity contribution in [3.8, 4) is 5.69 Å². The van der Waals surface area contributed by atoms with Gasteiger partial charge >= 0.3 is 0 Å². The average Bonchev–Trinajstić information content (AvgIpc) is 3.13. The number of tetrazole rings is 1. The van der Waals surface area contributed by atoms with E-state index in [-0.39, 0.29) is 11.3 Å². The molecule has 0 aliphatic rings. The topological polar surface area (TPSA) is 102 Å². The number of aryl methyl sites for hydroxylation is 2. The summed E-state index contributed by atoms with van der Waals surface area (Å²) in [5, 5.41) is 12.1. The molecule has 2 amide bonds. The number of carbonyl (C=O) groups excluding carboxylic acids is 2. The summed E-state index contributed by atoms with van der Waals surface area (Å²) in [6, 6.07) is 11.3. The van der Waals surface area contributed by atoms with E-state index < -0.39 is 17.6 Å². The highest BCUT2D eigenvalue weighted by Crippen LogP contribution is 2.23. The molecule has 0 saturated heterocycles. The van der Waals surface area contributed by atoms with Crippen LogP contribution in [0.15, 0.2) is 47.6 Å². The van der Waals surface area contributed by atoms with E-state index in [0.717, 1.165) is 28.6 Å². The molecule has 0 aliphatic heterocycles. The number of hydrogen-bond acceptors (Lipinski definition) is 6. The fourth-order valence-corrected chi connectivity index (χ4v) is 3.23. The second-order valence-corrected chi connectivity index (χ2v) is 6.83. The van der Waals surface area contributed by atoms with E-state index >= 15 is 0 Å². The molecule has 2 aromatic carbocycles. The summed E-state index contributed by atoms with van der Waals surface area (Å²) in [7, 11) is 0. The van der Waals surface area contributed by atoms with Crippen LogP contribution in [-0.4, -0.2) is 37.8 Å². The normalized spacial score (nSPS) is 10.5. The number of carbonyl (C=O) groups is 2. The molecule has 8 nitrogen and oxygen atoms in total. The van der Waals surface area contributed by atoms with Gasteiger partial charge in [-0.2, -0.15) is 4.68 Å². The monoisotopic (exact) mass is 400 g/mol. The summed E-state index contributed by atoms with van der Waals surface area (Å²) in [6.45, 7) is 3.90. The Kier molecular flexibility index (Phi) is 5.99. The molecule has 28 heavy (non-hydrogen) atoms. The van der Waals surface area contributed by atoms with Crippen LogP contribution in [0.25, 0.3) is 5.69 Å². The third-order valence-electron chi connectivity index (χ3n) is 3.86. The summed E-state index contributed by atoms with van der Waals surface area (Å²) in [6.07, 6.45) is 0. The van der Waals surface area contributed by atoms with Gasteiger partial charge in [0.1, 0.15) is 5.82 Å². The van der Waals surface area contributed by atoms with E-state index in [1.54, 1.807) is 4.68 Å². The number of benzene rings is 2. The van der Waals surface area contributed by atoms with Crippen molar-refractivity contribution in [3.63, 3.8) is 0 Å². The summed E-state index contributed by atoms with van der Waals surface area (Å²) < 4.78 is 15.1. The zero-order chi connectivity index (χ0) is 20.1. The smallest absolute Gasteiger partial charge is 0.272 e. The summed E-state index contributed by atoms with van der Waals surface area (Å²) >= 11 is 1.11. The Morgan fingerprint density at radius 2 is 1.79 bits per heavy atom. The number of nitrogens with zero attached hydrogens (tertiary/aromatic N) is 4. The Hall–Kier alpha value is -3.27. The van der Waals surface area contributed by atoms with Gasteiger partial charge in [0.05, 0.1) is 17.0 Å². The molecule has 2 N–H and O–H groups in total. The number of hydrazine groups is 1. The number of hydrogen-bond donors (Lipinski definition) is 2. The Balaban J connectivity index is 1.60. The fourth-order valence-electron chi connectivity index (χ4n) is 2.55. The number of aromatic nitrogens is 4. The predicted octanol–water partition coefficient (Wildman–Crippen LogP) is 1.97. The lowest BCUT2D eigenvalue weighted by Crippen LogP contribution is -2.42. The molecule has 0 unspecified atom stereocenters. The molecule has 1 heterocycles. The van der Waals surface area contributed by atoms with Gasteiger partial charge in [-0.3, -0.25) is 20.4 Å². The third kappa shape index (κ3) is 4.34. The third-order valence-corrected chi connectivity index (χ3v) is 4.78. The Bertz CT molecular complexity index is 1000. The molecule has 1 aromatic heterocycles. The van der Waals surface area contributed by atoms with Crippen LogP contribution >= 0.6 is 11.8 Å². The molecule has 0 bridgehead atoms. The number of nitrogens with one attached hydrogen (secondary N) is 2. The second-order valence-electron chi connectivity index (χ2n) is 5.88. The van der Waals surface area contributed by atoms with Crippen molar-refractivity contribution >= 4 is 23.6 Å². The van der Waals surface area contributed by atoms with Gasteiger partial charge in [-0.05, 0) is 47.5 Å². The SMILES string of the molecule is Cc1cccc(C)c1-n1nnnc1SCC(=O)NNC(=O)c1ccccc1F. The first-order valence-electron chi connectivity index (χ1n) is 8.29. The first kappa shape index (κ1) is 19.5. The van der Waals surface area contributed by atoms with Crippen molar-refractivity contribution in [2.24, 2.45) is 0 Å². The number of halogens is 1. The highest BCUT2D eigenvalue weighted by molar-refractivity contribution is 7.99. The molecular formula is C18H17FN6O2S. The fraction of sp³-hybridized carbons (Fsp3) is 0.167. The average molecular weight is 400 g/mol. The van der Waals surface area contributed by atoms with Crippen LogP contribution in [0.4, 0.5) is 4.39 Å². The Labute approximate surface area is 164 Å². The lowest BCUT2D eigenvalue weighted by Gasteiger charge is -2.11. The summed E-state index contributed by atoms with van der Waals surface area (Å²) in [5.74, 6) is -1.93. The van der Waals surface area contributed by atoms with Crippen LogP contribution in [0, 0.1) is 19.7 Å². The molecule has 144 valence electrons. The van der Waals surface area contributed by atoms with Gasteiger partial charge in [-0.15, -0.1) is 5.10 Å². The van der Waals surface area contributed by atoms with E-state index in [9.17, 15) is 14.0 Å². The molecular weight excluding hydrogens is 383 g/mol. The van der Waals surface area contributed by atoms with Crippen LogP contribution in [-0.2, 0) is 4.79 Å². The minimum absolute atomic E-state index is 0.0388. The van der Waals surface area contributed by atoms with Gasteiger partial charge in [0, 0.05) is 0 Å². The van der Waals surface area contributed by atoms with Crippen molar-refractivity contribution in [2.75, 3.05) is 5.75 Å². The van der Waals surface area contributed by atoms with Gasteiger partial charge in [0.25, 0.3) is 5.91 Å². The zero-order valence-corrected chi connectivity index (χ0v) is 16.0. The van der Waals surface area contributed by atoms with Crippen LogP contribution in [0.3, 0.4) is 0 Å². The molecule has 0 aliphatic carbocycles. The zero-order valence-electron chi connectivity index (χ0n) is 15.1. The summed E-state index contributed by atoms with van der Waals surface area (Å²) in [4.78, 5) is 23.9. The minimum atomic E-state index is -0.739. The van der Waals surface area contributed by atoms with E-state index in [1.807, 2.05) is 32.0 Å². The number of para-hydroxylation sites is 1. The molecule has 10 heteroatoms. The van der Waals surface area contributed by atoms with Gasteiger partial charge in [-0.1, -0.05) is 42.1 Å². The minimum Gasteiger partial charge on any atom is -0.272 e. The number of thioether (sulfide) groups is 1. The van der Waals surface area contributed by atoms with Crippen LogP contribution in [0.1, 0.15) is 21.5 Å². The second kappa shape index (κ2) is 8.61. The first-order valence-corrected chi connectivity index (χ1v) is 9.27. The highest BCUT2D eigenvalue weighted by atomic mass is 32.2. The summed E-state index contributed by atoms with van der Waals surface area (Å²) in [5.41, 5.74) is 7.12. The van der Waals surface area contributed by atoms with Crippen LogP contribution < -0.4 is 10.9 Å². The molecule has 0 spiro atoms. The van der Waals surface area contributed by atoms with Gasteiger partial charge < -0.3 is 0 Å². The van der Waals surface area contributed by atoms with Crippen LogP contribution in [0.2, 0.25) is 0 Å². The van der Waals surface area contributed by atoms with Crippen molar-refractivity contribution in [1.29, 1.82) is 0 Å². The van der Waals surface area contributed by atoms with E-state index in [1.165, 1.54) is 24.3 Å². The maximum Gasteiger partial charge on any atom is 0.272 e. The first-order chi connectivity index (χ1) is 13.5. The van der Waals surface area contributed by atoms with E-state index in [2.05, 4.69) is 26.4 Å². The van der Waals surface area contributed by atoms with Crippen molar-refractivity contribution in [3.05, 3.63) is 65.0 Å². The van der Waals surface area contributed by atoms with Crippen molar-refractivity contribution in [2.45, 2.75) is 19.0 Å². The van der Waals surface area contributed by atoms with Crippen LogP contribution in [0.5, 0.6) is 0 Å². The largest absolute Gasteiger partial charge is 0.272 e. The lowest BCUT2D eigenvalue weighted by atomic mass is 10.1. The van der Waals surface area contributed by atoms with Gasteiger partial charge in [0.2, 0.25) is 11.1 Å². The lowest BCUT2D eigenvalue weighted by molar-refractivity contribution is -0.119.